The van der Waals surface area contributed by atoms with E-state index >= 15 is 0 Å². The molecule has 1 aromatic carbocycles. The highest BCUT2D eigenvalue weighted by atomic mass is 16.5. The van der Waals surface area contributed by atoms with E-state index in [9.17, 15) is 4.79 Å². The normalized spacial score (nSPS) is 22.8. The topological polar surface area (TPSA) is 26.3 Å². The van der Waals surface area contributed by atoms with Crippen LogP contribution in [-0.2, 0) is 17.6 Å². The van der Waals surface area contributed by atoms with Gasteiger partial charge in [0.2, 0.25) is 0 Å². The van der Waals surface area contributed by atoms with Gasteiger partial charge in [0.25, 0.3) is 0 Å². The van der Waals surface area contributed by atoms with Gasteiger partial charge in [-0.15, -0.1) is 0 Å². The first-order chi connectivity index (χ1) is 7.81. The van der Waals surface area contributed by atoms with E-state index in [0.29, 0.717) is 5.78 Å². The van der Waals surface area contributed by atoms with Crippen molar-refractivity contribution < 1.29 is 9.53 Å². The first-order valence-electron chi connectivity index (χ1n) is 6.02. The van der Waals surface area contributed by atoms with Crippen molar-refractivity contribution in [1.82, 2.24) is 0 Å². The Bertz CT molecular complexity index is 448. The molecular formula is C14H16O2. The molecule has 1 aromatic rings. The third-order valence-corrected chi connectivity index (χ3v) is 3.92. The molecule has 0 aromatic heterocycles. The van der Waals surface area contributed by atoms with E-state index < -0.39 is 0 Å². The van der Waals surface area contributed by atoms with Crippen molar-refractivity contribution in [1.29, 1.82) is 0 Å². The Balaban J connectivity index is 2.21. The molecule has 84 valence electrons. The Morgan fingerprint density at radius 1 is 1.25 bits per heavy atom. The van der Waals surface area contributed by atoms with Crippen LogP contribution in [0, 0.1) is 0 Å². The Labute approximate surface area is 95.6 Å². The molecule has 1 atom stereocenters. The summed E-state index contributed by atoms with van der Waals surface area (Å²) in [4.78, 5) is 11.9. The van der Waals surface area contributed by atoms with Crippen LogP contribution in [0.2, 0.25) is 0 Å². The fourth-order valence-corrected chi connectivity index (χ4v) is 3.18. The number of benzene rings is 1. The molecule has 3 rings (SSSR count). The van der Waals surface area contributed by atoms with Crippen LogP contribution < -0.4 is 4.74 Å². The summed E-state index contributed by atoms with van der Waals surface area (Å²) in [5, 5.41) is 0. The first-order valence-corrected chi connectivity index (χ1v) is 6.02. The van der Waals surface area contributed by atoms with E-state index in [0.717, 1.165) is 37.9 Å². The second-order valence-corrected chi connectivity index (χ2v) is 4.73. The molecule has 0 saturated carbocycles. The number of hydrogen-bond acceptors (Lipinski definition) is 2. The van der Waals surface area contributed by atoms with Crippen molar-refractivity contribution in [2.45, 2.75) is 38.0 Å². The fourth-order valence-electron chi connectivity index (χ4n) is 3.18. The van der Waals surface area contributed by atoms with E-state index in [-0.39, 0.29) is 5.92 Å². The van der Waals surface area contributed by atoms with Crippen LogP contribution in [0.3, 0.4) is 0 Å². The van der Waals surface area contributed by atoms with Gasteiger partial charge in [-0.25, -0.2) is 0 Å². The lowest BCUT2D eigenvalue weighted by Gasteiger charge is -2.31. The lowest BCUT2D eigenvalue weighted by Crippen LogP contribution is -2.25. The molecule has 0 radical (unpaired) electrons. The summed E-state index contributed by atoms with van der Waals surface area (Å²) < 4.78 is 5.41. The molecule has 0 N–H and O–H groups in total. The number of rotatable bonds is 1. The lowest BCUT2D eigenvalue weighted by atomic mass is 9.72. The molecule has 0 spiro atoms. The zero-order valence-corrected chi connectivity index (χ0v) is 9.58. The number of carbonyl (C=O) groups excluding carboxylic acids is 1. The molecular weight excluding hydrogens is 200 g/mol. The Morgan fingerprint density at radius 3 is 2.94 bits per heavy atom. The van der Waals surface area contributed by atoms with Crippen molar-refractivity contribution in [3.63, 3.8) is 0 Å². The minimum Gasteiger partial charge on any atom is -0.496 e. The number of hydrogen-bond donors (Lipinski definition) is 0. The molecule has 0 fully saturated rings. The molecule has 16 heavy (non-hydrogen) atoms. The second kappa shape index (κ2) is 3.62. The number of ether oxygens (including phenoxy) is 1. The van der Waals surface area contributed by atoms with Gasteiger partial charge < -0.3 is 4.74 Å². The standard InChI is InChI=1S/C14H16O2/c1-16-13-8-6-9-5-7-12(15)10-3-2-4-11(13)14(9)10/h6,8,10H,2-5,7H2,1H3. The van der Waals surface area contributed by atoms with Crippen molar-refractivity contribution in [3.8, 4) is 5.75 Å². The summed E-state index contributed by atoms with van der Waals surface area (Å²) in [5.74, 6) is 1.57. The number of carbonyl (C=O) groups is 1. The third-order valence-electron chi connectivity index (χ3n) is 3.92. The molecule has 0 bridgehead atoms. The molecule has 0 aliphatic heterocycles. The molecule has 0 heterocycles. The van der Waals surface area contributed by atoms with Crippen LogP contribution in [0.15, 0.2) is 12.1 Å². The van der Waals surface area contributed by atoms with Gasteiger partial charge >= 0.3 is 0 Å². The van der Waals surface area contributed by atoms with Gasteiger partial charge in [-0.05, 0) is 48.4 Å². The van der Waals surface area contributed by atoms with Crippen molar-refractivity contribution in [2.24, 2.45) is 0 Å². The summed E-state index contributed by atoms with van der Waals surface area (Å²) >= 11 is 0. The molecule has 0 saturated heterocycles. The summed E-state index contributed by atoms with van der Waals surface area (Å²) in [5.41, 5.74) is 3.98. The zero-order valence-electron chi connectivity index (χ0n) is 9.58. The molecule has 2 aliphatic rings. The Hall–Kier alpha value is -1.31. The van der Waals surface area contributed by atoms with E-state index in [1.54, 1.807) is 7.11 Å². The quantitative estimate of drug-likeness (QED) is 0.721. The van der Waals surface area contributed by atoms with Gasteiger partial charge in [0, 0.05) is 12.3 Å². The smallest absolute Gasteiger partial charge is 0.140 e. The summed E-state index contributed by atoms with van der Waals surface area (Å²) in [6.45, 7) is 0. The maximum absolute atomic E-state index is 11.9. The minimum absolute atomic E-state index is 0.169. The van der Waals surface area contributed by atoms with Crippen LogP contribution in [-0.4, -0.2) is 12.9 Å². The van der Waals surface area contributed by atoms with Gasteiger partial charge in [-0.1, -0.05) is 6.07 Å². The van der Waals surface area contributed by atoms with Crippen LogP contribution in [0.5, 0.6) is 5.75 Å². The average molecular weight is 216 g/mol. The summed E-state index contributed by atoms with van der Waals surface area (Å²) in [6.07, 6.45) is 4.86. The van der Waals surface area contributed by atoms with E-state index in [4.69, 9.17) is 4.74 Å². The van der Waals surface area contributed by atoms with Crippen molar-refractivity contribution in [2.75, 3.05) is 7.11 Å². The van der Waals surface area contributed by atoms with Gasteiger partial charge in [0.15, 0.2) is 0 Å². The molecule has 2 aliphatic carbocycles. The zero-order chi connectivity index (χ0) is 11.1. The summed E-state index contributed by atoms with van der Waals surface area (Å²) in [6, 6.07) is 4.20. The van der Waals surface area contributed by atoms with Crippen LogP contribution >= 0.6 is 0 Å². The third kappa shape index (κ3) is 1.29. The van der Waals surface area contributed by atoms with Gasteiger partial charge in [-0.2, -0.15) is 0 Å². The molecule has 1 unspecified atom stereocenters. The second-order valence-electron chi connectivity index (χ2n) is 4.73. The van der Waals surface area contributed by atoms with Gasteiger partial charge in [-0.3, -0.25) is 4.79 Å². The molecule has 2 nitrogen and oxygen atoms in total. The van der Waals surface area contributed by atoms with Crippen molar-refractivity contribution in [3.05, 3.63) is 28.8 Å². The molecule has 0 amide bonds. The van der Waals surface area contributed by atoms with Crippen LogP contribution in [0.4, 0.5) is 0 Å². The van der Waals surface area contributed by atoms with E-state index in [1.165, 1.54) is 16.7 Å². The largest absolute Gasteiger partial charge is 0.496 e. The first kappa shape index (κ1) is 9.88. The Kier molecular flexibility index (Phi) is 2.23. The van der Waals surface area contributed by atoms with E-state index in [1.807, 2.05) is 0 Å². The number of methoxy groups -OCH3 is 1. The lowest BCUT2D eigenvalue weighted by molar-refractivity contribution is -0.121. The highest BCUT2D eigenvalue weighted by Crippen LogP contribution is 2.42. The van der Waals surface area contributed by atoms with E-state index in [2.05, 4.69) is 12.1 Å². The predicted octanol–water partition coefficient (Wildman–Crippen LogP) is 2.63. The maximum Gasteiger partial charge on any atom is 0.140 e. The Morgan fingerprint density at radius 2 is 2.12 bits per heavy atom. The number of Topliss-reactive ketones (excluding diaryl/α,β-unsaturated/α-hetero) is 1. The van der Waals surface area contributed by atoms with Crippen molar-refractivity contribution >= 4 is 5.78 Å². The highest BCUT2D eigenvalue weighted by molar-refractivity contribution is 5.89. The fraction of sp³-hybridized carbons (Fsp3) is 0.500. The average Bonchev–Trinajstić information content (AvgIpc) is 2.34. The maximum atomic E-state index is 11.9. The SMILES string of the molecule is COc1ccc2c3c1CCCC3C(=O)CC2. The monoisotopic (exact) mass is 216 g/mol. The van der Waals surface area contributed by atoms with Crippen LogP contribution in [0.1, 0.15) is 41.9 Å². The van der Waals surface area contributed by atoms with Gasteiger partial charge in [0.05, 0.1) is 7.11 Å². The highest BCUT2D eigenvalue weighted by Gasteiger charge is 2.33. The van der Waals surface area contributed by atoms with Gasteiger partial charge in [0.1, 0.15) is 11.5 Å². The van der Waals surface area contributed by atoms with Crippen LogP contribution in [0.25, 0.3) is 0 Å². The minimum atomic E-state index is 0.169. The summed E-state index contributed by atoms with van der Waals surface area (Å²) in [7, 11) is 1.71. The number of ketones is 1. The predicted molar refractivity (Wildman–Crippen MR) is 62.0 cm³/mol. The number of aryl methyl sites for hydroxylation is 1. The molecule has 2 heteroatoms.